The van der Waals surface area contributed by atoms with E-state index >= 15 is 0 Å². The van der Waals surface area contributed by atoms with Crippen molar-refractivity contribution in [2.24, 2.45) is 0 Å². The number of nitrogens with two attached hydrogens (primary N) is 1. The number of nitrogen functional groups attached to an aromatic ring is 1. The van der Waals surface area contributed by atoms with Gasteiger partial charge in [0.15, 0.2) is 0 Å². The number of imidazole rings is 1. The number of H-pyrrole nitrogens is 1. The van der Waals surface area contributed by atoms with Crippen molar-refractivity contribution in [1.82, 2.24) is 24.5 Å². The van der Waals surface area contributed by atoms with Crippen molar-refractivity contribution in [1.29, 1.82) is 0 Å². The van der Waals surface area contributed by atoms with Crippen molar-refractivity contribution in [3.63, 3.8) is 0 Å². The molecule has 0 aromatic carbocycles. The van der Waals surface area contributed by atoms with Gasteiger partial charge < -0.3 is 25.3 Å². The highest BCUT2D eigenvalue weighted by Crippen LogP contribution is 2.34. The van der Waals surface area contributed by atoms with Crippen LogP contribution in [0.3, 0.4) is 0 Å². The predicted molar refractivity (Wildman–Crippen MR) is 109 cm³/mol. The van der Waals surface area contributed by atoms with Crippen molar-refractivity contribution in [3.8, 4) is 0 Å². The van der Waals surface area contributed by atoms with Crippen molar-refractivity contribution in [2.75, 3.05) is 23.7 Å². The summed E-state index contributed by atoms with van der Waals surface area (Å²) in [6.45, 7) is 3.52. The van der Waals surface area contributed by atoms with Gasteiger partial charge in [0.2, 0.25) is 0 Å². The van der Waals surface area contributed by atoms with Crippen molar-refractivity contribution >= 4 is 33.7 Å². The lowest BCUT2D eigenvalue weighted by Crippen LogP contribution is -2.35. The van der Waals surface area contributed by atoms with Crippen LogP contribution >= 0.6 is 0 Å². The van der Waals surface area contributed by atoms with E-state index in [1.165, 1.54) is 0 Å². The zero-order valence-corrected chi connectivity index (χ0v) is 15.7. The highest BCUT2D eigenvalue weighted by Gasteiger charge is 2.27. The lowest BCUT2D eigenvalue weighted by Gasteiger charge is -2.34. The second kappa shape index (κ2) is 6.49. The summed E-state index contributed by atoms with van der Waals surface area (Å²) in [7, 11) is 0. The fraction of sp³-hybridized carbons (Fsp3) is 0.350. The number of anilines is 2. The second-order valence-electron chi connectivity index (χ2n) is 7.39. The number of nitrogens with zero attached hydrogens (tertiary/aromatic N) is 5. The van der Waals surface area contributed by atoms with E-state index in [2.05, 4.69) is 24.4 Å². The molecule has 0 bridgehead atoms. The van der Waals surface area contributed by atoms with E-state index in [4.69, 9.17) is 10.7 Å². The van der Waals surface area contributed by atoms with Gasteiger partial charge in [-0.15, -0.1) is 0 Å². The highest BCUT2D eigenvalue weighted by molar-refractivity contribution is 6.01. The van der Waals surface area contributed by atoms with Crippen LogP contribution in [0.4, 0.5) is 11.6 Å². The molecule has 8 nitrogen and oxygen atoms in total. The lowest BCUT2D eigenvalue weighted by atomic mass is 10.0. The molecule has 5 rings (SSSR count). The minimum Gasteiger partial charge on any atom is -0.385 e. The average molecular weight is 377 g/mol. The number of aromatic nitrogens is 5. The maximum atomic E-state index is 10.4. The molecule has 0 radical (unpaired) electrons. The molecule has 0 amide bonds. The lowest BCUT2D eigenvalue weighted by molar-refractivity contribution is 0.179. The molecule has 28 heavy (non-hydrogen) atoms. The molecule has 144 valence electrons. The molecule has 8 heteroatoms. The average Bonchev–Trinajstić information content (AvgIpc) is 3.32. The molecule has 1 aliphatic rings. The van der Waals surface area contributed by atoms with Gasteiger partial charge in [0.25, 0.3) is 0 Å². The molecule has 1 aliphatic heterocycles. The maximum Gasteiger partial charge on any atom is 0.139 e. The largest absolute Gasteiger partial charge is 0.385 e. The minimum atomic E-state index is -0.644. The summed E-state index contributed by atoms with van der Waals surface area (Å²) < 4.78 is 2.22. The van der Waals surface area contributed by atoms with Gasteiger partial charge in [0.05, 0.1) is 11.7 Å². The molecular weight excluding hydrogens is 354 g/mol. The number of rotatable bonds is 3. The van der Waals surface area contributed by atoms with E-state index < -0.39 is 6.10 Å². The third kappa shape index (κ3) is 2.68. The molecular formula is C20H23N7O. The summed E-state index contributed by atoms with van der Waals surface area (Å²) >= 11 is 0. The Hall–Kier alpha value is -3.13. The molecule has 4 aromatic heterocycles. The predicted octanol–water partition coefficient (Wildman–Crippen LogP) is 2.78. The van der Waals surface area contributed by atoms with E-state index in [1.54, 1.807) is 19.2 Å². The Morgan fingerprint density at radius 3 is 2.79 bits per heavy atom. The molecule has 0 unspecified atom stereocenters. The maximum absolute atomic E-state index is 10.4. The van der Waals surface area contributed by atoms with Crippen LogP contribution in [0, 0.1) is 0 Å². The highest BCUT2D eigenvalue weighted by atomic mass is 16.3. The number of fused-ring (bicyclic) bond motifs is 3. The Labute approximate surface area is 162 Å². The smallest absolute Gasteiger partial charge is 0.139 e. The molecule has 4 N–H and O–H groups in total. The Morgan fingerprint density at radius 1 is 1.21 bits per heavy atom. The van der Waals surface area contributed by atoms with Crippen molar-refractivity contribution < 1.29 is 5.11 Å². The third-order valence-corrected chi connectivity index (χ3v) is 5.54. The third-order valence-electron chi connectivity index (χ3n) is 5.54. The van der Waals surface area contributed by atoms with Gasteiger partial charge in [-0.2, -0.15) is 0 Å². The molecule has 0 spiro atoms. The van der Waals surface area contributed by atoms with Crippen LogP contribution in [0.15, 0.2) is 36.7 Å². The number of aliphatic hydroxyl groups excluding tert-OH is 1. The number of nitrogens with one attached hydrogen (secondary N) is 1. The minimum absolute atomic E-state index is 0.257. The van der Waals surface area contributed by atoms with Crippen LogP contribution in [0.1, 0.15) is 37.7 Å². The molecule has 5 heterocycles. The SMILES string of the molecule is C[C@@H](O)c1nc2cnc3[nH]ccc3c2n1C1CCN(c2cccc(N)n2)CC1. The van der Waals surface area contributed by atoms with Gasteiger partial charge in [-0.1, -0.05) is 6.07 Å². The Bertz CT molecular complexity index is 1140. The molecule has 0 saturated carbocycles. The summed E-state index contributed by atoms with van der Waals surface area (Å²) in [6, 6.07) is 8.03. The number of hydrogen-bond donors (Lipinski definition) is 3. The first kappa shape index (κ1) is 17.0. The quantitative estimate of drug-likeness (QED) is 0.506. The second-order valence-corrected chi connectivity index (χ2v) is 7.39. The van der Waals surface area contributed by atoms with Gasteiger partial charge in [-0.25, -0.2) is 15.0 Å². The van der Waals surface area contributed by atoms with E-state index in [0.717, 1.165) is 53.8 Å². The van der Waals surface area contributed by atoms with Crippen LogP contribution in [-0.4, -0.2) is 42.7 Å². The molecule has 4 aromatic rings. The summed E-state index contributed by atoms with van der Waals surface area (Å²) in [4.78, 5) is 19.0. The van der Waals surface area contributed by atoms with Gasteiger partial charge in [0, 0.05) is 30.7 Å². The van der Waals surface area contributed by atoms with Crippen LogP contribution in [0.2, 0.25) is 0 Å². The zero-order valence-electron chi connectivity index (χ0n) is 15.7. The van der Waals surface area contributed by atoms with Gasteiger partial charge in [-0.3, -0.25) is 0 Å². The van der Waals surface area contributed by atoms with Gasteiger partial charge in [-0.05, 0) is 38.0 Å². The Morgan fingerprint density at radius 2 is 2.04 bits per heavy atom. The number of pyridine rings is 2. The monoisotopic (exact) mass is 377 g/mol. The molecule has 1 atom stereocenters. The van der Waals surface area contributed by atoms with Crippen molar-refractivity contribution in [2.45, 2.75) is 31.9 Å². The van der Waals surface area contributed by atoms with Gasteiger partial charge >= 0.3 is 0 Å². The van der Waals surface area contributed by atoms with Crippen molar-refractivity contribution in [3.05, 3.63) is 42.5 Å². The van der Waals surface area contributed by atoms with Crippen LogP contribution in [-0.2, 0) is 0 Å². The van der Waals surface area contributed by atoms with E-state index in [9.17, 15) is 5.11 Å². The van der Waals surface area contributed by atoms with Gasteiger partial charge in [0.1, 0.15) is 34.7 Å². The van der Waals surface area contributed by atoms with E-state index in [-0.39, 0.29) is 6.04 Å². The van der Waals surface area contributed by atoms with Crippen LogP contribution in [0.25, 0.3) is 22.1 Å². The fourth-order valence-electron chi connectivity index (χ4n) is 4.24. The molecule has 0 aliphatic carbocycles. The summed E-state index contributed by atoms with van der Waals surface area (Å²) in [5.74, 6) is 2.16. The van der Waals surface area contributed by atoms with E-state index in [1.807, 2.05) is 24.4 Å². The number of hydrogen-bond acceptors (Lipinski definition) is 6. The number of piperidine rings is 1. The number of aromatic amines is 1. The topological polar surface area (TPSA) is 109 Å². The van der Waals surface area contributed by atoms with Crippen LogP contribution < -0.4 is 10.6 Å². The molecule has 1 fully saturated rings. The Balaban J connectivity index is 1.52. The van der Waals surface area contributed by atoms with E-state index in [0.29, 0.717) is 11.6 Å². The molecule has 1 saturated heterocycles. The summed E-state index contributed by atoms with van der Waals surface area (Å²) in [6.07, 6.45) is 4.91. The first-order chi connectivity index (χ1) is 13.6. The first-order valence-electron chi connectivity index (χ1n) is 9.61. The summed E-state index contributed by atoms with van der Waals surface area (Å²) in [5.41, 5.74) is 8.55. The standard InChI is InChI=1S/C20H23N7O/c1-12(28)20-24-15-11-23-19-14(5-8-22-19)18(15)27(20)13-6-9-26(10-7-13)17-4-2-3-16(21)25-17/h2-5,8,11-13,28H,6-7,9-10H2,1H3,(H2,21,25)(H,22,23)/t12-/m1/s1. The normalized spacial score (nSPS) is 16.9. The van der Waals surface area contributed by atoms with Crippen LogP contribution in [0.5, 0.6) is 0 Å². The fourth-order valence-corrected chi connectivity index (χ4v) is 4.24. The Kier molecular flexibility index (Phi) is 3.94. The summed E-state index contributed by atoms with van der Waals surface area (Å²) in [5, 5.41) is 11.4. The first-order valence-corrected chi connectivity index (χ1v) is 9.61. The number of aliphatic hydroxyl groups is 1. The zero-order chi connectivity index (χ0) is 19.3.